The van der Waals surface area contributed by atoms with Gasteiger partial charge in [0, 0.05) is 13.2 Å². The first-order valence-corrected chi connectivity index (χ1v) is 12.2. The second-order valence-corrected chi connectivity index (χ2v) is 8.05. The Balaban J connectivity index is -0.0000000930. The van der Waals surface area contributed by atoms with Crippen LogP contribution in [0.4, 0.5) is 0 Å². The molecule has 0 spiro atoms. The molecule has 0 radical (unpaired) electrons. The molecular formula is C16H34Mg3O9P2. The summed E-state index contributed by atoms with van der Waals surface area (Å²) in [7, 11) is -10.8. The molecule has 9 nitrogen and oxygen atoms in total. The van der Waals surface area contributed by atoms with Gasteiger partial charge in [-0.3, -0.25) is 0 Å². The summed E-state index contributed by atoms with van der Waals surface area (Å²) >= 11 is 0. The van der Waals surface area contributed by atoms with Crippen LogP contribution in [0, 0.1) is 11.8 Å². The van der Waals surface area contributed by atoms with Crippen LogP contribution >= 0.6 is 15.6 Å². The molecule has 0 bridgehead atoms. The molecule has 30 heavy (non-hydrogen) atoms. The van der Waals surface area contributed by atoms with Crippen molar-refractivity contribution >= 4 is 84.8 Å². The van der Waals surface area contributed by atoms with Gasteiger partial charge in [-0.25, -0.2) is 0 Å². The first kappa shape index (κ1) is 45.9. The molecule has 0 N–H and O–H groups in total. The first-order chi connectivity index (χ1) is 12.3. The van der Waals surface area contributed by atoms with Gasteiger partial charge in [0.25, 0.3) is 0 Å². The van der Waals surface area contributed by atoms with Gasteiger partial charge in [-0.05, 0) is 24.7 Å². The summed E-state index contributed by atoms with van der Waals surface area (Å²) in [5, 5.41) is 0. The van der Waals surface area contributed by atoms with E-state index >= 15 is 0 Å². The van der Waals surface area contributed by atoms with Crippen LogP contribution in [-0.2, 0) is 13.9 Å². The molecule has 168 valence electrons. The molecule has 0 amide bonds. The van der Waals surface area contributed by atoms with Crippen LogP contribution in [0.1, 0.15) is 79.1 Å². The average Bonchev–Trinajstić information content (AvgIpc) is 2.50. The fourth-order valence-electron chi connectivity index (χ4n) is 2.20. The number of unbranched alkanes of at least 4 members (excludes halogenated alkanes) is 2. The zero-order valence-electron chi connectivity index (χ0n) is 18.9. The SMILES string of the molecule is CCCCC(CC)COCC(CC)CCCC.O=P([O-])([O-])[O-].O=P([O-])([O-])[O-].[Mg+2].[Mg+2].[Mg+2]. The molecule has 0 aliphatic heterocycles. The van der Waals surface area contributed by atoms with Crippen LogP contribution in [0.2, 0.25) is 0 Å². The van der Waals surface area contributed by atoms with Gasteiger partial charge in [-0.15, -0.1) is 0 Å². The van der Waals surface area contributed by atoms with E-state index in [9.17, 15) is 0 Å². The third-order valence-electron chi connectivity index (χ3n) is 3.79. The Morgan fingerprint density at radius 1 is 0.633 bits per heavy atom. The van der Waals surface area contributed by atoms with Gasteiger partial charge in [0.05, 0.1) is 0 Å². The van der Waals surface area contributed by atoms with Crippen LogP contribution in [0.3, 0.4) is 0 Å². The van der Waals surface area contributed by atoms with Crippen LogP contribution in [0.25, 0.3) is 0 Å². The Hall–Kier alpha value is 2.48. The maximum Gasteiger partial charge on any atom is 2.00 e. The Bertz CT molecular complexity index is 357. The van der Waals surface area contributed by atoms with Gasteiger partial charge in [-0.1, -0.05) is 66.2 Å². The molecule has 14 heteroatoms. The van der Waals surface area contributed by atoms with Gasteiger partial charge >= 0.3 is 69.2 Å². The molecule has 0 heterocycles. The van der Waals surface area contributed by atoms with Crippen molar-refractivity contribution in [2.75, 3.05) is 13.2 Å². The predicted molar refractivity (Wildman–Crippen MR) is 110 cm³/mol. The fraction of sp³-hybridized carbons (Fsp3) is 1.00. The third-order valence-corrected chi connectivity index (χ3v) is 3.79. The second-order valence-electron chi connectivity index (χ2n) is 6.26. The molecule has 0 aromatic rings. The normalized spacial score (nSPS) is 12.3. The van der Waals surface area contributed by atoms with Gasteiger partial charge in [-0.2, -0.15) is 15.6 Å². The van der Waals surface area contributed by atoms with Gasteiger partial charge < -0.3 is 43.2 Å². The molecule has 0 fully saturated rings. The average molecular weight is 505 g/mol. The topological polar surface area (TPSA) is 182 Å². The zero-order valence-corrected chi connectivity index (χ0v) is 24.9. The fourth-order valence-corrected chi connectivity index (χ4v) is 2.20. The molecule has 2 unspecified atom stereocenters. The Morgan fingerprint density at radius 3 is 1.03 bits per heavy atom. The number of rotatable bonds is 12. The minimum atomic E-state index is -5.39. The summed E-state index contributed by atoms with van der Waals surface area (Å²) in [4.78, 5) is 51.3. The minimum Gasteiger partial charge on any atom is -0.822 e. The number of hydrogen-bond acceptors (Lipinski definition) is 9. The summed E-state index contributed by atoms with van der Waals surface area (Å²) in [6.45, 7) is 11.1. The Kier molecular flexibility index (Phi) is 45.2. The maximum absolute atomic E-state index is 8.55. The van der Waals surface area contributed by atoms with Crippen LogP contribution in [0.5, 0.6) is 0 Å². The number of phosphoric acid groups is 2. The van der Waals surface area contributed by atoms with E-state index in [-0.39, 0.29) is 69.2 Å². The summed E-state index contributed by atoms with van der Waals surface area (Å²) in [5.41, 5.74) is 0. The molecule has 0 saturated heterocycles. The van der Waals surface area contributed by atoms with Crippen molar-refractivity contribution in [3.63, 3.8) is 0 Å². The van der Waals surface area contributed by atoms with Crippen LogP contribution in [0.15, 0.2) is 0 Å². The van der Waals surface area contributed by atoms with E-state index in [4.69, 9.17) is 43.2 Å². The zero-order chi connectivity index (χ0) is 21.9. The van der Waals surface area contributed by atoms with E-state index in [1.54, 1.807) is 0 Å². The molecule has 2 atom stereocenters. The Morgan fingerprint density at radius 2 is 0.867 bits per heavy atom. The van der Waals surface area contributed by atoms with Crippen molar-refractivity contribution < 1.29 is 43.2 Å². The molecule has 0 aliphatic rings. The maximum atomic E-state index is 8.55. The summed E-state index contributed by atoms with van der Waals surface area (Å²) in [5.74, 6) is 1.58. The van der Waals surface area contributed by atoms with E-state index in [1.807, 2.05) is 0 Å². The standard InChI is InChI=1S/C16H34O.3Mg.2H3O4P/c1-5-9-11-15(7-3)13-17-14-16(8-4)12-10-6-2;;;;2*1-5(2,3)4/h15-16H,5-14H2,1-4H3;;;;2*(H3,1,2,3,4)/q;3*+2;;/p-6. The van der Waals surface area contributed by atoms with Crippen molar-refractivity contribution in [1.29, 1.82) is 0 Å². The van der Waals surface area contributed by atoms with E-state index in [0.717, 1.165) is 25.0 Å². The van der Waals surface area contributed by atoms with Crippen molar-refractivity contribution in [3.8, 4) is 0 Å². The summed E-state index contributed by atoms with van der Waals surface area (Å²) in [6.07, 6.45) is 10.6. The third kappa shape index (κ3) is 63.2. The van der Waals surface area contributed by atoms with Gasteiger partial charge in [0.15, 0.2) is 0 Å². The molecule has 0 saturated carbocycles. The molecule has 0 aromatic carbocycles. The quantitative estimate of drug-likeness (QED) is 0.229. The molecular weight excluding hydrogens is 471 g/mol. The first-order valence-electron chi connectivity index (χ1n) is 9.32. The number of hydrogen-bond donors (Lipinski definition) is 0. The van der Waals surface area contributed by atoms with Crippen molar-refractivity contribution in [2.24, 2.45) is 11.8 Å². The smallest absolute Gasteiger partial charge is 0.822 e. The predicted octanol–water partition coefficient (Wildman–Crippen LogP) is -1.36. The summed E-state index contributed by atoms with van der Waals surface area (Å²) < 4.78 is 23.0. The van der Waals surface area contributed by atoms with Crippen molar-refractivity contribution in [3.05, 3.63) is 0 Å². The van der Waals surface area contributed by atoms with Crippen molar-refractivity contribution in [2.45, 2.75) is 79.1 Å². The van der Waals surface area contributed by atoms with Crippen molar-refractivity contribution in [1.82, 2.24) is 0 Å². The van der Waals surface area contributed by atoms with Gasteiger partial charge in [0.2, 0.25) is 0 Å². The summed E-state index contributed by atoms with van der Waals surface area (Å²) in [6, 6.07) is 0. The van der Waals surface area contributed by atoms with E-state index in [1.165, 1.54) is 51.4 Å². The molecule has 0 rings (SSSR count). The monoisotopic (exact) mass is 504 g/mol. The van der Waals surface area contributed by atoms with Gasteiger partial charge in [0.1, 0.15) is 0 Å². The van der Waals surface area contributed by atoms with E-state index in [0.29, 0.717) is 0 Å². The second kappa shape index (κ2) is 29.5. The largest absolute Gasteiger partial charge is 2.00 e. The van der Waals surface area contributed by atoms with E-state index < -0.39 is 15.6 Å². The molecule has 0 aliphatic carbocycles. The number of ether oxygens (including phenoxy) is 1. The van der Waals surface area contributed by atoms with Crippen LogP contribution in [-0.4, -0.2) is 82.4 Å². The molecule has 0 aromatic heterocycles. The minimum absolute atomic E-state index is 0. The van der Waals surface area contributed by atoms with E-state index in [2.05, 4.69) is 27.7 Å². The van der Waals surface area contributed by atoms with Crippen LogP contribution < -0.4 is 29.4 Å². The Labute approximate surface area is 230 Å².